The van der Waals surface area contributed by atoms with E-state index in [2.05, 4.69) is 58.9 Å². The molecule has 0 saturated heterocycles. The van der Waals surface area contributed by atoms with Crippen molar-refractivity contribution in [3.8, 4) is 22.9 Å². The molecule has 0 amide bonds. The Morgan fingerprint density at radius 1 is 1.18 bits per heavy atom. The van der Waals surface area contributed by atoms with Crippen molar-refractivity contribution in [2.45, 2.75) is 33.1 Å². The van der Waals surface area contributed by atoms with Crippen LogP contribution in [0, 0.1) is 0 Å². The van der Waals surface area contributed by atoms with Gasteiger partial charge in [-0.05, 0) is 50.7 Å². The van der Waals surface area contributed by atoms with E-state index in [1.807, 2.05) is 12.1 Å². The number of fused-ring (bicyclic) bond motifs is 1. The van der Waals surface area contributed by atoms with Crippen LogP contribution < -0.4 is 19.6 Å². The highest BCUT2D eigenvalue weighted by Gasteiger charge is 2.17. The highest BCUT2D eigenvalue weighted by Crippen LogP contribution is 2.37. The third-order valence-electron chi connectivity index (χ3n) is 4.99. The van der Waals surface area contributed by atoms with E-state index in [4.69, 9.17) is 9.47 Å². The largest absolute Gasteiger partial charge is 0.493 e. The minimum absolute atomic E-state index is 0.0570. The molecule has 0 bridgehead atoms. The summed E-state index contributed by atoms with van der Waals surface area (Å²) in [5, 5.41) is 4.43. The molecule has 4 rings (SSSR count). The number of nitrogens with zero attached hydrogens (tertiary/aromatic N) is 3. The summed E-state index contributed by atoms with van der Waals surface area (Å²) in [6, 6.07) is 11.5. The third-order valence-corrected chi connectivity index (χ3v) is 6.53. The Labute approximate surface area is 202 Å². The molecule has 0 radical (unpaired) electrons. The molecule has 0 spiro atoms. The number of rotatable bonds is 4. The van der Waals surface area contributed by atoms with E-state index < -0.39 is 5.97 Å². The second kappa shape index (κ2) is 8.72. The van der Waals surface area contributed by atoms with Gasteiger partial charge in [-0.25, -0.2) is 0 Å². The summed E-state index contributed by atoms with van der Waals surface area (Å²) in [5.74, 6) is 0.718. The molecule has 9 heteroatoms. The molecule has 2 aromatic carbocycles. The Kier molecular flexibility index (Phi) is 6.11. The van der Waals surface area contributed by atoms with E-state index in [1.165, 1.54) is 35.4 Å². The van der Waals surface area contributed by atoms with Crippen molar-refractivity contribution in [2.24, 2.45) is 0 Å². The third kappa shape index (κ3) is 4.69. The van der Waals surface area contributed by atoms with Crippen LogP contribution in [0.3, 0.4) is 0 Å². The highest BCUT2D eigenvalue weighted by molar-refractivity contribution is 9.10. The number of benzene rings is 2. The van der Waals surface area contributed by atoms with E-state index in [0.717, 1.165) is 5.56 Å². The van der Waals surface area contributed by atoms with Crippen molar-refractivity contribution in [3.63, 3.8) is 0 Å². The molecule has 7 nitrogen and oxygen atoms in total. The Morgan fingerprint density at radius 3 is 2.45 bits per heavy atom. The van der Waals surface area contributed by atoms with Gasteiger partial charge in [-0.15, -0.1) is 5.10 Å². The van der Waals surface area contributed by atoms with E-state index in [0.29, 0.717) is 31.1 Å². The van der Waals surface area contributed by atoms with Gasteiger partial charge in [-0.3, -0.25) is 9.59 Å². The van der Waals surface area contributed by atoms with Gasteiger partial charge in [0, 0.05) is 12.5 Å². The van der Waals surface area contributed by atoms with Crippen LogP contribution in [0.25, 0.3) is 22.4 Å². The summed E-state index contributed by atoms with van der Waals surface area (Å²) < 4.78 is 12.9. The highest BCUT2D eigenvalue weighted by atomic mass is 79.9. The molecule has 0 fully saturated rings. The van der Waals surface area contributed by atoms with E-state index in [1.54, 1.807) is 18.2 Å². The number of hydrogen-bond acceptors (Lipinski definition) is 7. The molecule has 2 heterocycles. The van der Waals surface area contributed by atoms with Gasteiger partial charge in [0.05, 0.1) is 16.1 Å². The van der Waals surface area contributed by atoms with Crippen molar-refractivity contribution >= 4 is 44.3 Å². The molecular formula is C24H22BrN3O4S. The van der Waals surface area contributed by atoms with Crippen molar-refractivity contribution in [1.82, 2.24) is 14.6 Å². The Hall–Kier alpha value is -3.04. The monoisotopic (exact) mass is 527 g/mol. The molecule has 0 aliphatic heterocycles. The van der Waals surface area contributed by atoms with Crippen LogP contribution in [0.1, 0.15) is 38.8 Å². The fourth-order valence-electron chi connectivity index (χ4n) is 3.29. The first kappa shape index (κ1) is 23.1. The predicted octanol–water partition coefficient (Wildman–Crippen LogP) is 4.36. The minimum Gasteiger partial charge on any atom is -0.493 e. The average Bonchev–Trinajstić information content (AvgIpc) is 3.28. The maximum atomic E-state index is 12.9. The van der Waals surface area contributed by atoms with Gasteiger partial charge >= 0.3 is 5.97 Å². The van der Waals surface area contributed by atoms with Crippen LogP contribution in [0.15, 0.2) is 45.7 Å². The first-order chi connectivity index (χ1) is 15.6. The second-order valence-corrected chi connectivity index (χ2v) is 10.4. The molecular weight excluding hydrogens is 506 g/mol. The number of hydrogen-bond donors (Lipinski definition) is 0. The van der Waals surface area contributed by atoms with Crippen LogP contribution in [0.4, 0.5) is 0 Å². The van der Waals surface area contributed by atoms with Crippen LogP contribution in [0.2, 0.25) is 0 Å². The average molecular weight is 528 g/mol. The molecule has 0 aliphatic carbocycles. The molecule has 0 atom stereocenters. The zero-order valence-electron chi connectivity index (χ0n) is 18.8. The standard InChI is InChI=1S/C24H22BrN3O4S/c1-13(29)32-20-17(25)10-14(11-18(20)31-5)12-19-22(30)28-23(33-19)26-21(27-28)15-6-8-16(9-7-15)24(2,3)4/h6-12H,1-5H3/b19-12-. The molecule has 0 aliphatic rings. The summed E-state index contributed by atoms with van der Waals surface area (Å²) in [6.45, 7) is 7.79. The normalized spacial score (nSPS) is 12.4. The SMILES string of the molecule is COc1cc(/C=c2\sc3nc(-c4ccc(C(C)(C)C)cc4)nn3c2=O)cc(Br)c1OC(C)=O. The maximum Gasteiger partial charge on any atom is 0.308 e. The van der Waals surface area contributed by atoms with E-state index in [-0.39, 0.29) is 16.7 Å². The van der Waals surface area contributed by atoms with Crippen molar-refractivity contribution in [2.75, 3.05) is 7.11 Å². The number of carbonyl (C=O) groups is 1. The van der Waals surface area contributed by atoms with Crippen LogP contribution in [0.5, 0.6) is 11.5 Å². The molecule has 0 unspecified atom stereocenters. The molecule has 4 aromatic rings. The zero-order chi connectivity index (χ0) is 23.9. The number of thiazole rings is 1. The van der Waals surface area contributed by atoms with Crippen LogP contribution in [-0.4, -0.2) is 27.7 Å². The van der Waals surface area contributed by atoms with Gasteiger partial charge in [-0.2, -0.15) is 9.50 Å². The summed E-state index contributed by atoms with van der Waals surface area (Å²) in [4.78, 5) is 29.4. The lowest BCUT2D eigenvalue weighted by Crippen LogP contribution is -2.23. The maximum absolute atomic E-state index is 12.9. The topological polar surface area (TPSA) is 82.8 Å². The van der Waals surface area contributed by atoms with E-state index in [9.17, 15) is 9.59 Å². The summed E-state index contributed by atoms with van der Waals surface area (Å²) in [7, 11) is 1.48. The van der Waals surface area contributed by atoms with Gasteiger partial charge in [0.15, 0.2) is 17.3 Å². The fraction of sp³-hybridized carbons (Fsp3) is 0.250. The molecule has 170 valence electrons. The van der Waals surface area contributed by atoms with Crippen LogP contribution in [-0.2, 0) is 10.2 Å². The summed E-state index contributed by atoms with van der Waals surface area (Å²) in [5.41, 5.74) is 2.59. The smallest absolute Gasteiger partial charge is 0.308 e. The molecule has 0 N–H and O–H groups in total. The Bertz CT molecular complexity index is 1470. The van der Waals surface area contributed by atoms with Crippen molar-refractivity contribution < 1.29 is 14.3 Å². The number of halogens is 1. The van der Waals surface area contributed by atoms with Crippen LogP contribution >= 0.6 is 27.3 Å². The van der Waals surface area contributed by atoms with Gasteiger partial charge < -0.3 is 9.47 Å². The number of carbonyl (C=O) groups excluding carboxylic acids is 1. The minimum atomic E-state index is -0.457. The molecule has 33 heavy (non-hydrogen) atoms. The summed E-state index contributed by atoms with van der Waals surface area (Å²) >= 11 is 4.65. The Balaban J connectivity index is 1.71. The van der Waals surface area contributed by atoms with Gasteiger partial charge in [0.1, 0.15) is 0 Å². The van der Waals surface area contributed by atoms with Gasteiger partial charge in [0.2, 0.25) is 4.96 Å². The predicted molar refractivity (Wildman–Crippen MR) is 132 cm³/mol. The lowest BCUT2D eigenvalue weighted by Gasteiger charge is -2.18. The fourth-order valence-corrected chi connectivity index (χ4v) is 4.74. The quantitative estimate of drug-likeness (QED) is 0.289. The lowest BCUT2D eigenvalue weighted by molar-refractivity contribution is -0.132. The molecule has 2 aromatic heterocycles. The zero-order valence-corrected chi connectivity index (χ0v) is 21.2. The lowest BCUT2D eigenvalue weighted by atomic mass is 9.87. The summed E-state index contributed by atoms with van der Waals surface area (Å²) in [6.07, 6.45) is 1.73. The van der Waals surface area contributed by atoms with Gasteiger partial charge in [-0.1, -0.05) is 56.4 Å². The van der Waals surface area contributed by atoms with Crippen molar-refractivity contribution in [3.05, 3.63) is 66.9 Å². The molecule has 0 saturated carbocycles. The number of esters is 1. The number of methoxy groups -OCH3 is 1. The van der Waals surface area contributed by atoms with Crippen molar-refractivity contribution in [1.29, 1.82) is 0 Å². The Morgan fingerprint density at radius 2 is 1.88 bits per heavy atom. The van der Waals surface area contributed by atoms with Gasteiger partial charge in [0.25, 0.3) is 5.56 Å². The first-order valence-corrected chi connectivity index (χ1v) is 11.8. The van der Waals surface area contributed by atoms with E-state index >= 15 is 0 Å². The number of ether oxygens (including phenoxy) is 2. The second-order valence-electron chi connectivity index (χ2n) is 8.50. The first-order valence-electron chi connectivity index (χ1n) is 10.1. The number of aromatic nitrogens is 3.